The molecule has 0 atom stereocenters. The third-order valence-corrected chi connectivity index (χ3v) is 6.29. The number of furan rings is 1. The summed E-state index contributed by atoms with van der Waals surface area (Å²) in [5, 5.41) is 15.8. The van der Waals surface area contributed by atoms with Gasteiger partial charge in [0.1, 0.15) is 33.6 Å². The Bertz CT molecular complexity index is 2080. The first-order valence-corrected chi connectivity index (χ1v) is 10.7. The summed E-state index contributed by atoms with van der Waals surface area (Å²) in [5.74, 6) is -0.232. The number of hydrogen-bond donors (Lipinski definition) is 1. The van der Waals surface area contributed by atoms with Crippen molar-refractivity contribution < 1.29 is 18.4 Å². The minimum atomic E-state index is -0.766. The summed E-state index contributed by atoms with van der Waals surface area (Å²) in [4.78, 5) is 25.7. The summed E-state index contributed by atoms with van der Waals surface area (Å²) in [6.45, 7) is 0. The molecule has 0 amide bonds. The number of hydrogen-bond acceptors (Lipinski definition) is 6. The second kappa shape index (κ2) is 7.85. The Kier molecular flexibility index (Phi) is 4.86. The van der Waals surface area contributed by atoms with E-state index < -0.39 is 11.3 Å². The molecule has 3 aromatic heterocycles. The molecule has 0 aliphatic carbocycles. The van der Waals surface area contributed by atoms with E-state index in [4.69, 9.17) is 13.3 Å². The molecule has 0 saturated carbocycles. The van der Waals surface area contributed by atoms with Gasteiger partial charge in [-0.25, -0.2) is 9.59 Å². The molecule has 163 valence electrons. The summed E-state index contributed by atoms with van der Waals surface area (Å²) in [6, 6.07) is 23.6. The van der Waals surface area contributed by atoms with Gasteiger partial charge in [-0.15, -0.1) is 0 Å². The Morgan fingerprint density at radius 3 is 1.86 bits per heavy atom. The number of benzene rings is 4. The first kappa shape index (κ1) is 21.7. The molecule has 0 spiro atoms. The molecule has 0 fully saturated rings. The summed E-state index contributed by atoms with van der Waals surface area (Å²) < 4.78 is 17.2. The van der Waals surface area contributed by atoms with Gasteiger partial charge >= 0.3 is 11.3 Å². The fraction of sp³-hybridized carbons (Fsp3) is 0. The smallest absolute Gasteiger partial charge is 0.351 e. The topological polar surface area (TPSA) is 93.8 Å². The van der Waals surface area contributed by atoms with Crippen LogP contribution in [0, 0.1) is 0 Å². The van der Waals surface area contributed by atoms with E-state index in [-0.39, 0.29) is 63.2 Å². The van der Waals surface area contributed by atoms with E-state index in [9.17, 15) is 14.7 Å². The molecule has 0 unspecified atom stereocenters. The van der Waals surface area contributed by atoms with Gasteiger partial charge in [0.2, 0.25) is 0 Å². The van der Waals surface area contributed by atoms with Crippen molar-refractivity contribution in [3.05, 3.63) is 99.7 Å². The molecule has 0 bridgehead atoms. The molecular weight excluding hydrogens is 455 g/mol. The van der Waals surface area contributed by atoms with Gasteiger partial charge in [0.15, 0.2) is 5.58 Å². The Morgan fingerprint density at radius 1 is 0.600 bits per heavy atom. The molecule has 35 heavy (non-hydrogen) atoms. The molecule has 4 aromatic carbocycles. The van der Waals surface area contributed by atoms with Crippen LogP contribution < -0.4 is 11.3 Å². The largest absolute Gasteiger partial charge is 0.506 e. The van der Waals surface area contributed by atoms with Crippen molar-refractivity contribution in [2.45, 2.75) is 0 Å². The van der Waals surface area contributed by atoms with Crippen LogP contribution in [0.2, 0.25) is 0 Å². The minimum Gasteiger partial charge on any atom is -0.506 e. The molecule has 1 N–H and O–H groups in total. The Labute approximate surface area is 218 Å². The Balaban J connectivity index is 0.00000229. The molecule has 6 nitrogen and oxygen atoms in total. The summed E-state index contributed by atoms with van der Waals surface area (Å²) in [6.07, 6.45) is 0. The molecule has 7 heteroatoms. The van der Waals surface area contributed by atoms with E-state index in [1.165, 1.54) is 6.07 Å². The van der Waals surface area contributed by atoms with Gasteiger partial charge in [0.05, 0.1) is 10.8 Å². The molecule has 1 radical (unpaired) electrons. The second-order valence-electron chi connectivity index (χ2n) is 8.18. The molecule has 3 heterocycles. The van der Waals surface area contributed by atoms with Crippen LogP contribution in [0.15, 0.2) is 102 Å². The van der Waals surface area contributed by atoms with E-state index in [0.29, 0.717) is 16.4 Å². The predicted octanol–water partition coefficient (Wildman–Crippen LogP) is 5.94. The first-order chi connectivity index (χ1) is 16.6. The fourth-order valence-corrected chi connectivity index (χ4v) is 4.75. The maximum atomic E-state index is 12.9. The van der Waals surface area contributed by atoms with Crippen molar-refractivity contribution in [3.8, 4) is 17.1 Å². The van der Waals surface area contributed by atoms with Crippen molar-refractivity contribution in [1.82, 2.24) is 0 Å². The fourth-order valence-electron chi connectivity index (χ4n) is 4.75. The van der Waals surface area contributed by atoms with Gasteiger partial charge in [0, 0.05) is 35.6 Å². The van der Waals surface area contributed by atoms with E-state index in [1.54, 1.807) is 12.1 Å². The van der Waals surface area contributed by atoms with Crippen LogP contribution in [0.3, 0.4) is 0 Å². The Morgan fingerprint density at radius 2 is 1.17 bits per heavy atom. The average molecular weight is 469 g/mol. The van der Waals surface area contributed by atoms with Crippen LogP contribution in [0.5, 0.6) is 5.75 Å². The quantitative estimate of drug-likeness (QED) is 0.182. The number of rotatable bonds is 1. The van der Waals surface area contributed by atoms with E-state index >= 15 is 0 Å². The van der Waals surface area contributed by atoms with E-state index in [0.717, 1.165) is 21.5 Å². The molecule has 7 aromatic rings. The van der Waals surface area contributed by atoms with Crippen LogP contribution in [0.4, 0.5) is 0 Å². The van der Waals surface area contributed by atoms with Gasteiger partial charge in [0.25, 0.3) is 0 Å². The van der Waals surface area contributed by atoms with Gasteiger partial charge in [-0.05, 0) is 33.7 Å². The summed E-state index contributed by atoms with van der Waals surface area (Å²) in [5.41, 5.74) is -0.585. The molecule has 0 saturated heterocycles. The van der Waals surface area contributed by atoms with Gasteiger partial charge < -0.3 is 18.4 Å². The van der Waals surface area contributed by atoms with Crippen LogP contribution in [0.25, 0.3) is 65.8 Å². The standard InChI is InChI=1S/C28H14O6.Na/c29-25-22-16-7-3-1-5-14(16)9-11-19(22)34-28(31)24(25)21-13-18-26(32-21)23-17-8-4-2-6-15(17)10-12-20(23)33-27(18)30;/h1-13,29H;. The second-order valence-corrected chi connectivity index (χ2v) is 8.18. The van der Waals surface area contributed by atoms with Gasteiger partial charge in [-0.2, -0.15) is 0 Å². The number of fused-ring (bicyclic) bond motifs is 8. The van der Waals surface area contributed by atoms with Crippen molar-refractivity contribution in [2.75, 3.05) is 0 Å². The van der Waals surface area contributed by atoms with Crippen LogP contribution in [0.1, 0.15) is 0 Å². The van der Waals surface area contributed by atoms with Crippen molar-refractivity contribution >= 4 is 84.0 Å². The van der Waals surface area contributed by atoms with E-state index in [2.05, 4.69) is 0 Å². The van der Waals surface area contributed by atoms with Gasteiger partial charge in [-0.1, -0.05) is 60.7 Å². The maximum absolute atomic E-state index is 12.9. The molecule has 0 aliphatic heterocycles. The average Bonchev–Trinajstić information content (AvgIpc) is 3.29. The third-order valence-electron chi connectivity index (χ3n) is 6.29. The van der Waals surface area contributed by atoms with Crippen LogP contribution in [-0.2, 0) is 0 Å². The molecule has 7 rings (SSSR count). The zero-order valence-corrected chi connectivity index (χ0v) is 20.5. The van der Waals surface area contributed by atoms with Gasteiger partial charge in [-0.3, -0.25) is 0 Å². The van der Waals surface area contributed by atoms with E-state index in [1.807, 2.05) is 60.7 Å². The van der Waals surface area contributed by atoms with Crippen LogP contribution in [-0.4, -0.2) is 34.7 Å². The van der Waals surface area contributed by atoms with Crippen LogP contribution >= 0.6 is 0 Å². The maximum Gasteiger partial charge on any atom is 0.351 e. The summed E-state index contributed by atoms with van der Waals surface area (Å²) in [7, 11) is 0. The Hall–Kier alpha value is -3.84. The van der Waals surface area contributed by atoms with Crippen molar-refractivity contribution in [2.24, 2.45) is 0 Å². The normalized spacial score (nSPS) is 11.5. The zero-order valence-electron chi connectivity index (χ0n) is 18.5. The first-order valence-electron chi connectivity index (χ1n) is 10.7. The predicted molar refractivity (Wildman–Crippen MR) is 136 cm³/mol. The minimum absolute atomic E-state index is 0. The number of aromatic hydroxyl groups is 1. The van der Waals surface area contributed by atoms with Crippen molar-refractivity contribution in [1.29, 1.82) is 0 Å². The molecular formula is C28H14NaO6. The molecule has 0 aliphatic rings. The summed E-state index contributed by atoms with van der Waals surface area (Å²) >= 11 is 0. The zero-order chi connectivity index (χ0) is 23.0. The third kappa shape index (κ3) is 3.08. The SMILES string of the molecule is O=c1oc2ccc3ccccc3c2c(O)c1-c1cc2c(=O)oc3ccc4ccccc4c3c2o1.[Na]. The monoisotopic (exact) mass is 469 g/mol. The van der Waals surface area contributed by atoms with Crippen molar-refractivity contribution in [3.63, 3.8) is 0 Å².